The third-order valence-electron chi connectivity index (χ3n) is 4.75. The summed E-state index contributed by atoms with van der Waals surface area (Å²) in [4.78, 5) is 9.18. The third-order valence-corrected chi connectivity index (χ3v) is 4.75. The van der Waals surface area contributed by atoms with E-state index < -0.39 is 0 Å². The van der Waals surface area contributed by atoms with Gasteiger partial charge in [-0.05, 0) is 12.0 Å². The van der Waals surface area contributed by atoms with Gasteiger partial charge in [0.15, 0.2) is 11.7 Å². The summed E-state index contributed by atoms with van der Waals surface area (Å²) in [6.07, 6.45) is 5.32. The Morgan fingerprint density at radius 3 is 2.67 bits per heavy atom. The molecule has 1 fully saturated rings. The fourth-order valence-electron chi connectivity index (χ4n) is 3.15. The third kappa shape index (κ3) is 5.69. The van der Waals surface area contributed by atoms with Gasteiger partial charge in [-0.2, -0.15) is 0 Å². The van der Waals surface area contributed by atoms with Crippen LogP contribution in [0.15, 0.2) is 52.0 Å². The van der Waals surface area contributed by atoms with Crippen LogP contribution in [-0.4, -0.2) is 60.7 Å². The van der Waals surface area contributed by atoms with E-state index in [9.17, 15) is 0 Å². The first-order valence-electron chi connectivity index (χ1n) is 9.62. The molecule has 0 amide bonds. The topological polar surface area (TPSA) is 56.9 Å². The van der Waals surface area contributed by atoms with E-state index in [1.165, 1.54) is 5.56 Å². The first-order chi connectivity index (χ1) is 13.3. The van der Waals surface area contributed by atoms with Gasteiger partial charge in [0.1, 0.15) is 0 Å². The molecule has 0 saturated carbocycles. The molecule has 0 atom stereocenters. The number of nitrogens with one attached hydrogen (secondary N) is 1. The van der Waals surface area contributed by atoms with Crippen molar-refractivity contribution in [1.29, 1.82) is 0 Å². The number of aromatic nitrogens is 1. The van der Waals surface area contributed by atoms with Crippen LogP contribution in [0.4, 0.5) is 0 Å². The number of hydrogen-bond acceptors (Lipinski definition) is 4. The van der Waals surface area contributed by atoms with Crippen LogP contribution in [0.3, 0.4) is 0 Å². The molecule has 0 aliphatic carbocycles. The first kappa shape index (κ1) is 19.2. The molecule has 1 aliphatic heterocycles. The van der Waals surface area contributed by atoms with Gasteiger partial charge in [-0.15, -0.1) is 0 Å². The zero-order valence-corrected chi connectivity index (χ0v) is 16.3. The van der Waals surface area contributed by atoms with E-state index in [1.54, 1.807) is 0 Å². The normalized spacial score (nSPS) is 16.2. The van der Waals surface area contributed by atoms with Gasteiger partial charge in [0.2, 0.25) is 0 Å². The Morgan fingerprint density at radius 2 is 2.00 bits per heavy atom. The highest BCUT2D eigenvalue weighted by molar-refractivity contribution is 5.79. The fourth-order valence-corrected chi connectivity index (χ4v) is 3.15. The van der Waals surface area contributed by atoms with Crippen molar-refractivity contribution >= 4 is 12.0 Å². The molecule has 1 aromatic heterocycles. The molecule has 144 valence electrons. The van der Waals surface area contributed by atoms with E-state index in [2.05, 4.69) is 68.6 Å². The summed E-state index contributed by atoms with van der Waals surface area (Å²) < 4.78 is 5.33. The van der Waals surface area contributed by atoms with Gasteiger partial charge in [0.05, 0.1) is 12.2 Å². The van der Waals surface area contributed by atoms with E-state index in [4.69, 9.17) is 4.52 Å². The molecule has 0 spiro atoms. The summed E-state index contributed by atoms with van der Waals surface area (Å²) in [5, 5.41) is 7.41. The van der Waals surface area contributed by atoms with E-state index in [0.29, 0.717) is 6.54 Å². The van der Waals surface area contributed by atoms with E-state index >= 15 is 0 Å². The molecule has 2 heterocycles. The summed E-state index contributed by atoms with van der Waals surface area (Å²) in [7, 11) is 1.83. The summed E-state index contributed by atoms with van der Waals surface area (Å²) in [6, 6.07) is 12.4. The van der Waals surface area contributed by atoms with Crippen molar-refractivity contribution in [2.45, 2.75) is 19.9 Å². The number of benzene rings is 1. The molecule has 6 heteroatoms. The van der Waals surface area contributed by atoms with Crippen LogP contribution in [0, 0.1) is 0 Å². The van der Waals surface area contributed by atoms with Gasteiger partial charge in [0.25, 0.3) is 0 Å². The van der Waals surface area contributed by atoms with Crippen molar-refractivity contribution < 1.29 is 4.52 Å². The minimum atomic E-state index is 0.611. The highest BCUT2D eigenvalue weighted by atomic mass is 16.5. The van der Waals surface area contributed by atoms with Crippen molar-refractivity contribution in [3.8, 4) is 0 Å². The van der Waals surface area contributed by atoms with E-state index in [1.807, 2.05) is 19.2 Å². The average Bonchev–Trinajstić information content (AvgIpc) is 3.18. The monoisotopic (exact) mass is 367 g/mol. The summed E-state index contributed by atoms with van der Waals surface area (Å²) >= 11 is 0. The lowest BCUT2D eigenvalue weighted by atomic mass is 10.2. The van der Waals surface area contributed by atoms with Crippen LogP contribution >= 0.6 is 0 Å². The Balaban J connectivity index is 1.42. The second-order valence-corrected chi connectivity index (χ2v) is 6.64. The van der Waals surface area contributed by atoms with Gasteiger partial charge in [0, 0.05) is 45.8 Å². The number of piperazine rings is 1. The lowest BCUT2D eigenvalue weighted by Gasteiger charge is -2.36. The molecule has 0 bridgehead atoms. The van der Waals surface area contributed by atoms with Gasteiger partial charge in [-0.25, -0.2) is 0 Å². The lowest BCUT2D eigenvalue weighted by molar-refractivity contribution is 0.194. The van der Waals surface area contributed by atoms with E-state index in [0.717, 1.165) is 56.6 Å². The van der Waals surface area contributed by atoms with Gasteiger partial charge >= 0.3 is 0 Å². The Hall–Kier alpha value is -2.60. The van der Waals surface area contributed by atoms with Crippen molar-refractivity contribution in [2.24, 2.45) is 4.99 Å². The molecule has 3 rings (SSSR count). The molecule has 1 aromatic carbocycles. The number of guanidine groups is 1. The molecule has 0 unspecified atom stereocenters. The molecular formula is C21H29N5O. The zero-order chi connectivity index (χ0) is 18.9. The molecule has 27 heavy (non-hydrogen) atoms. The van der Waals surface area contributed by atoms with Crippen LogP contribution in [0.2, 0.25) is 0 Å². The van der Waals surface area contributed by atoms with Crippen molar-refractivity contribution in [3.05, 3.63) is 59.5 Å². The van der Waals surface area contributed by atoms with Gasteiger partial charge < -0.3 is 14.7 Å². The quantitative estimate of drug-likeness (QED) is 0.628. The molecular weight excluding hydrogens is 338 g/mol. The highest BCUT2D eigenvalue weighted by Crippen LogP contribution is 2.07. The maximum absolute atomic E-state index is 5.33. The predicted molar refractivity (Wildman–Crippen MR) is 110 cm³/mol. The second kappa shape index (κ2) is 9.92. The number of rotatable bonds is 6. The van der Waals surface area contributed by atoms with Crippen molar-refractivity contribution in [2.75, 3.05) is 39.8 Å². The number of hydrogen-bond donors (Lipinski definition) is 1. The van der Waals surface area contributed by atoms with Crippen LogP contribution in [-0.2, 0) is 13.0 Å². The second-order valence-electron chi connectivity index (χ2n) is 6.64. The van der Waals surface area contributed by atoms with Crippen molar-refractivity contribution in [1.82, 2.24) is 20.3 Å². The van der Waals surface area contributed by atoms with Gasteiger partial charge in [-0.3, -0.25) is 9.89 Å². The highest BCUT2D eigenvalue weighted by Gasteiger charge is 2.19. The van der Waals surface area contributed by atoms with E-state index in [-0.39, 0.29) is 0 Å². The summed E-state index contributed by atoms with van der Waals surface area (Å²) in [5.41, 5.74) is 2.23. The molecule has 2 aromatic rings. The Bertz CT molecular complexity index is 745. The maximum atomic E-state index is 5.33. The summed E-state index contributed by atoms with van der Waals surface area (Å²) in [6.45, 7) is 7.66. The SMILES string of the molecule is CCc1cc(CNC(=NC)N2CCN(C/C=C/c3ccccc3)CC2)on1. The fraction of sp³-hybridized carbons (Fsp3) is 0.429. The lowest BCUT2D eigenvalue weighted by Crippen LogP contribution is -2.52. The standard InChI is InChI=1S/C21H29N5O/c1-3-19-16-20(27-24-19)17-23-21(22-2)26-14-12-25(13-15-26)11-7-10-18-8-5-4-6-9-18/h4-10,16H,3,11-15,17H2,1-2H3,(H,22,23)/b10-7+. The van der Waals surface area contributed by atoms with Crippen LogP contribution < -0.4 is 5.32 Å². The van der Waals surface area contributed by atoms with Crippen LogP contribution in [0.25, 0.3) is 6.08 Å². The summed E-state index contributed by atoms with van der Waals surface area (Å²) in [5.74, 6) is 1.77. The van der Waals surface area contributed by atoms with Gasteiger partial charge in [-0.1, -0.05) is 54.6 Å². The van der Waals surface area contributed by atoms with Crippen LogP contribution in [0.5, 0.6) is 0 Å². The number of nitrogens with zero attached hydrogens (tertiary/aromatic N) is 4. The number of aliphatic imine (C=N–C) groups is 1. The molecule has 1 N–H and O–H groups in total. The van der Waals surface area contributed by atoms with Crippen molar-refractivity contribution in [3.63, 3.8) is 0 Å². The minimum absolute atomic E-state index is 0.611. The maximum Gasteiger partial charge on any atom is 0.194 e. The zero-order valence-electron chi connectivity index (χ0n) is 16.3. The smallest absolute Gasteiger partial charge is 0.194 e. The molecule has 6 nitrogen and oxygen atoms in total. The molecule has 1 saturated heterocycles. The van der Waals surface area contributed by atoms with Crippen LogP contribution in [0.1, 0.15) is 23.9 Å². The Labute approximate surface area is 161 Å². The molecule has 0 radical (unpaired) electrons. The largest absolute Gasteiger partial charge is 0.359 e. The number of aryl methyl sites for hydroxylation is 1. The average molecular weight is 367 g/mol. The molecule has 1 aliphatic rings. The predicted octanol–water partition coefficient (Wildman–Crippen LogP) is 2.64. The Kier molecular flexibility index (Phi) is 7.04. The Morgan fingerprint density at radius 1 is 1.22 bits per heavy atom. The minimum Gasteiger partial charge on any atom is -0.359 e. The first-order valence-corrected chi connectivity index (χ1v) is 9.62.